The zero-order valence-electron chi connectivity index (χ0n) is 9.99. The first-order valence-electron chi connectivity index (χ1n) is 5.44. The number of hydrogen-bond acceptors (Lipinski definition) is 2. The fourth-order valence-electron chi connectivity index (χ4n) is 1.27. The van der Waals surface area contributed by atoms with Crippen molar-refractivity contribution in [2.45, 2.75) is 13.8 Å². The number of rotatable bonds is 4. The van der Waals surface area contributed by atoms with Gasteiger partial charge in [-0.15, -0.1) is 0 Å². The Labute approximate surface area is 107 Å². The fourth-order valence-corrected chi connectivity index (χ4v) is 1.46. The Kier molecular flexibility index (Phi) is 4.90. The minimum atomic E-state index is -0.472. The Bertz CT molecular complexity index is 418. The molecule has 17 heavy (non-hydrogen) atoms. The first kappa shape index (κ1) is 13.4. The highest BCUT2D eigenvalue weighted by Gasteiger charge is 2.08. The highest BCUT2D eigenvalue weighted by molar-refractivity contribution is 7.80. The number of thiocarbonyl (C=S) groups is 1. The summed E-state index contributed by atoms with van der Waals surface area (Å²) in [4.78, 5) is 11.2. The van der Waals surface area contributed by atoms with Crippen LogP contribution in [0.3, 0.4) is 0 Å². The van der Waals surface area contributed by atoms with E-state index in [1.54, 1.807) is 18.2 Å². The second kappa shape index (κ2) is 6.20. The Morgan fingerprint density at radius 3 is 2.65 bits per heavy atom. The summed E-state index contributed by atoms with van der Waals surface area (Å²) in [5.41, 5.74) is 6.33. The summed E-state index contributed by atoms with van der Waals surface area (Å²) in [6, 6.07) is 7.01. The van der Waals surface area contributed by atoms with Crippen LogP contribution in [0, 0.1) is 5.92 Å². The number of nitrogens with two attached hydrogens (primary N) is 1. The lowest BCUT2D eigenvalue weighted by Crippen LogP contribution is -2.32. The van der Waals surface area contributed by atoms with Crippen molar-refractivity contribution in [1.82, 2.24) is 5.32 Å². The van der Waals surface area contributed by atoms with Gasteiger partial charge in [0.1, 0.15) is 0 Å². The number of anilines is 1. The van der Waals surface area contributed by atoms with Crippen molar-refractivity contribution in [3.63, 3.8) is 0 Å². The second-order valence-corrected chi connectivity index (χ2v) is 4.55. The quantitative estimate of drug-likeness (QED) is 0.713. The lowest BCUT2D eigenvalue weighted by molar-refractivity contribution is 0.100. The van der Waals surface area contributed by atoms with E-state index < -0.39 is 5.91 Å². The second-order valence-electron chi connectivity index (χ2n) is 4.14. The molecule has 0 aromatic heterocycles. The summed E-state index contributed by atoms with van der Waals surface area (Å²) >= 11 is 5.13. The van der Waals surface area contributed by atoms with E-state index in [1.165, 1.54) is 0 Å². The molecule has 1 aromatic rings. The van der Waals surface area contributed by atoms with Crippen molar-refractivity contribution < 1.29 is 4.79 Å². The van der Waals surface area contributed by atoms with Gasteiger partial charge in [0, 0.05) is 6.54 Å². The molecule has 4 nitrogen and oxygen atoms in total. The van der Waals surface area contributed by atoms with Crippen molar-refractivity contribution in [3.05, 3.63) is 29.8 Å². The molecule has 0 fully saturated rings. The van der Waals surface area contributed by atoms with Crippen LogP contribution in [0.2, 0.25) is 0 Å². The lowest BCUT2D eigenvalue weighted by atomic mass is 10.1. The zero-order valence-corrected chi connectivity index (χ0v) is 10.8. The monoisotopic (exact) mass is 251 g/mol. The summed E-state index contributed by atoms with van der Waals surface area (Å²) in [6.45, 7) is 4.96. The van der Waals surface area contributed by atoms with Crippen LogP contribution in [0.1, 0.15) is 24.2 Å². The van der Waals surface area contributed by atoms with Crippen molar-refractivity contribution in [2.75, 3.05) is 11.9 Å². The topological polar surface area (TPSA) is 67.2 Å². The smallest absolute Gasteiger partial charge is 0.250 e. The normalized spacial score (nSPS) is 10.1. The van der Waals surface area contributed by atoms with Gasteiger partial charge >= 0.3 is 0 Å². The van der Waals surface area contributed by atoms with E-state index in [-0.39, 0.29) is 0 Å². The number of carbonyl (C=O) groups excluding carboxylic acids is 1. The number of benzene rings is 1. The average Bonchev–Trinajstić information content (AvgIpc) is 2.27. The molecule has 0 aliphatic heterocycles. The Hall–Kier alpha value is -1.62. The molecule has 1 amide bonds. The van der Waals surface area contributed by atoms with E-state index in [1.807, 2.05) is 6.07 Å². The third-order valence-electron chi connectivity index (χ3n) is 2.11. The molecule has 1 rings (SSSR count). The van der Waals surface area contributed by atoms with E-state index in [0.29, 0.717) is 22.3 Å². The molecule has 5 heteroatoms. The minimum Gasteiger partial charge on any atom is -0.366 e. The summed E-state index contributed by atoms with van der Waals surface area (Å²) in [5.74, 6) is 0.0286. The van der Waals surface area contributed by atoms with Gasteiger partial charge in [-0.1, -0.05) is 26.0 Å². The van der Waals surface area contributed by atoms with Crippen LogP contribution in [0.15, 0.2) is 24.3 Å². The van der Waals surface area contributed by atoms with Gasteiger partial charge in [0.15, 0.2) is 5.11 Å². The Morgan fingerprint density at radius 2 is 2.06 bits per heavy atom. The molecular formula is C12H17N3OS. The Balaban J connectivity index is 2.68. The third kappa shape index (κ3) is 4.40. The van der Waals surface area contributed by atoms with Crippen LogP contribution in [-0.4, -0.2) is 17.6 Å². The predicted molar refractivity (Wildman–Crippen MR) is 74.0 cm³/mol. The third-order valence-corrected chi connectivity index (χ3v) is 2.36. The maximum Gasteiger partial charge on any atom is 0.250 e. The molecule has 4 N–H and O–H groups in total. The standard InChI is InChI=1S/C12H17N3OS/c1-8(2)7-14-12(17)15-10-6-4-3-5-9(10)11(13)16/h3-6,8H,7H2,1-2H3,(H2,13,16)(H2,14,15,17). The van der Waals surface area contributed by atoms with E-state index in [2.05, 4.69) is 24.5 Å². The van der Waals surface area contributed by atoms with Crippen LogP contribution in [-0.2, 0) is 0 Å². The van der Waals surface area contributed by atoms with Crippen molar-refractivity contribution >= 4 is 28.9 Å². The SMILES string of the molecule is CC(C)CNC(=S)Nc1ccccc1C(N)=O. The van der Waals surface area contributed by atoms with Crippen LogP contribution >= 0.6 is 12.2 Å². The summed E-state index contributed by atoms with van der Waals surface area (Å²) < 4.78 is 0. The molecule has 0 saturated carbocycles. The van der Waals surface area contributed by atoms with Gasteiger partial charge in [-0.25, -0.2) is 0 Å². The number of primary amides is 1. The molecule has 0 spiro atoms. The zero-order chi connectivity index (χ0) is 12.8. The van der Waals surface area contributed by atoms with Crippen molar-refractivity contribution in [2.24, 2.45) is 11.7 Å². The van der Waals surface area contributed by atoms with Crippen LogP contribution < -0.4 is 16.4 Å². The molecule has 92 valence electrons. The van der Waals surface area contributed by atoms with Gasteiger partial charge in [-0.05, 0) is 30.3 Å². The minimum absolute atomic E-state index is 0.432. The summed E-state index contributed by atoms with van der Waals surface area (Å²) in [6.07, 6.45) is 0. The number of para-hydroxylation sites is 1. The fraction of sp³-hybridized carbons (Fsp3) is 0.333. The molecule has 1 aromatic carbocycles. The molecule has 0 aliphatic rings. The predicted octanol–water partition coefficient (Wildman–Crippen LogP) is 1.73. The van der Waals surface area contributed by atoms with Gasteiger partial charge in [0.05, 0.1) is 11.3 Å². The number of nitrogens with one attached hydrogen (secondary N) is 2. The van der Waals surface area contributed by atoms with Crippen LogP contribution in [0.5, 0.6) is 0 Å². The van der Waals surface area contributed by atoms with Gasteiger partial charge < -0.3 is 16.4 Å². The van der Waals surface area contributed by atoms with E-state index in [0.717, 1.165) is 6.54 Å². The first-order valence-corrected chi connectivity index (χ1v) is 5.85. The molecule has 0 atom stereocenters. The first-order chi connectivity index (χ1) is 8.00. The maximum atomic E-state index is 11.2. The molecule has 0 aliphatic carbocycles. The lowest BCUT2D eigenvalue weighted by Gasteiger charge is -2.13. The number of carbonyl (C=O) groups is 1. The molecule has 0 unspecified atom stereocenters. The van der Waals surface area contributed by atoms with Gasteiger partial charge in [0.25, 0.3) is 5.91 Å². The van der Waals surface area contributed by atoms with Gasteiger partial charge in [0.2, 0.25) is 0 Å². The number of amides is 1. The van der Waals surface area contributed by atoms with E-state index in [4.69, 9.17) is 18.0 Å². The highest BCUT2D eigenvalue weighted by Crippen LogP contribution is 2.13. The highest BCUT2D eigenvalue weighted by atomic mass is 32.1. The summed E-state index contributed by atoms with van der Waals surface area (Å²) in [5, 5.41) is 6.52. The van der Waals surface area contributed by atoms with Gasteiger partial charge in [-0.2, -0.15) is 0 Å². The van der Waals surface area contributed by atoms with E-state index in [9.17, 15) is 4.79 Å². The van der Waals surface area contributed by atoms with E-state index >= 15 is 0 Å². The summed E-state index contributed by atoms with van der Waals surface area (Å²) in [7, 11) is 0. The molecule has 0 heterocycles. The van der Waals surface area contributed by atoms with Crippen LogP contribution in [0.4, 0.5) is 5.69 Å². The van der Waals surface area contributed by atoms with Crippen molar-refractivity contribution in [1.29, 1.82) is 0 Å². The molecule has 0 radical (unpaired) electrons. The molecule has 0 saturated heterocycles. The average molecular weight is 251 g/mol. The maximum absolute atomic E-state index is 11.2. The van der Waals surface area contributed by atoms with Gasteiger partial charge in [-0.3, -0.25) is 4.79 Å². The Morgan fingerprint density at radius 1 is 1.41 bits per heavy atom. The van der Waals surface area contributed by atoms with Crippen LogP contribution in [0.25, 0.3) is 0 Å². The molecular weight excluding hydrogens is 234 g/mol. The number of hydrogen-bond donors (Lipinski definition) is 3. The van der Waals surface area contributed by atoms with Crippen molar-refractivity contribution in [3.8, 4) is 0 Å². The molecule has 0 bridgehead atoms. The largest absolute Gasteiger partial charge is 0.366 e.